The smallest absolute Gasteiger partial charge is 0.335 e. The summed E-state index contributed by atoms with van der Waals surface area (Å²) in [6.45, 7) is 6.98. The molecule has 8 nitrogen and oxygen atoms in total. The Kier molecular flexibility index (Phi) is 7.73. The molecule has 4 amide bonds. The second kappa shape index (κ2) is 10.5. The highest BCUT2D eigenvalue weighted by Crippen LogP contribution is 2.35. The fourth-order valence-electron chi connectivity index (χ4n) is 3.14. The maximum absolute atomic E-state index is 13.1. The molecule has 9 heteroatoms. The predicted molar refractivity (Wildman–Crippen MR) is 128 cm³/mol. The Bertz CT molecular complexity index is 1060. The summed E-state index contributed by atoms with van der Waals surface area (Å²) in [6, 6.07) is 9.15. The van der Waals surface area contributed by atoms with Crippen molar-refractivity contribution in [3.05, 3.63) is 51.1 Å². The molecule has 0 saturated carbocycles. The summed E-state index contributed by atoms with van der Waals surface area (Å²) in [7, 11) is 0. The van der Waals surface area contributed by atoms with Crippen molar-refractivity contribution in [3.63, 3.8) is 0 Å². The molecule has 0 atom stereocenters. The molecule has 32 heavy (non-hydrogen) atoms. The standard InChI is InChI=1S/C23H23IN2O6/c1-4-30-16-9-7-15(8-10-16)26-22(28)17(21(27)25-23(26)29)11-14-12-18(24)20(32-6-3)19(13-14)31-5-2/h7-13H,4-6H2,1-3H3,(H,25,27,29)/b17-11-. The van der Waals surface area contributed by atoms with Crippen LogP contribution in [0.5, 0.6) is 17.2 Å². The number of ether oxygens (including phenoxy) is 3. The zero-order chi connectivity index (χ0) is 23.3. The molecule has 0 aliphatic carbocycles. The minimum Gasteiger partial charge on any atom is -0.494 e. The quantitative estimate of drug-likeness (QED) is 0.302. The molecule has 0 aromatic heterocycles. The van der Waals surface area contributed by atoms with E-state index in [0.29, 0.717) is 48.3 Å². The van der Waals surface area contributed by atoms with Gasteiger partial charge in [0.1, 0.15) is 11.3 Å². The molecule has 0 unspecified atom stereocenters. The van der Waals surface area contributed by atoms with Gasteiger partial charge in [-0.05, 0) is 91.4 Å². The van der Waals surface area contributed by atoms with Crippen LogP contribution in [-0.4, -0.2) is 37.7 Å². The number of carbonyl (C=O) groups excluding carboxylic acids is 3. The van der Waals surface area contributed by atoms with Gasteiger partial charge in [-0.3, -0.25) is 14.9 Å². The van der Waals surface area contributed by atoms with E-state index in [1.807, 2.05) is 20.8 Å². The Hall–Kier alpha value is -3.08. The molecule has 0 bridgehead atoms. The minimum absolute atomic E-state index is 0.166. The molecule has 2 aromatic carbocycles. The first-order chi connectivity index (χ1) is 15.4. The number of benzene rings is 2. The van der Waals surface area contributed by atoms with Crippen molar-refractivity contribution in [1.82, 2.24) is 5.32 Å². The van der Waals surface area contributed by atoms with Crippen LogP contribution < -0.4 is 24.4 Å². The second-order valence-electron chi connectivity index (χ2n) is 6.58. The molecule has 168 valence electrons. The number of rotatable bonds is 8. The summed E-state index contributed by atoms with van der Waals surface area (Å²) < 4.78 is 17.5. The van der Waals surface area contributed by atoms with Crippen LogP contribution in [0.2, 0.25) is 0 Å². The first kappa shape index (κ1) is 23.6. The van der Waals surface area contributed by atoms with E-state index in [1.54, 1.807) is 36.4 Å². The number of amides is 4. The monoisotopic (exact) mass is 550 g/mol. The summed E-state index contributed by atoms with van der Waals surface area (Å²) in [6.07, 6.45) is 1.44. The lowest BCUT2D eigenvalue weighted by Gasteiger charge is -2.26. The van der Waals surface area contributed by atoms with Gasteiger partial charge in [-0.2, -0.15) is 0 Å². The average molecular weight is 550 g/mol. The number of urea groups is 1. The zero-order valence-corrected chi connectivity index (χ0v) is 20.1. The zero-order valence-electron chi connectivity index (χ0n) is 17.9. The molecule has 1 saturated heterocycles. The number of imide groups is 2. The third kappa shape index (κ3) is 5.04. The fraction of sp³-hybridized carbons (Fsp3) is 0.261. The normalized spacial score (nSPS) is 15.1. The van der Waals surface area contributed by atoms with Crippen molar-refractivity contribution in [1.29, 1.82) is 0 Å². The number of halogens is 1. The second-order valence-corrected chi connectivity index (χ2v) is 7.74. The van der Waals surface area contributed by atoms with Gasteiger partial charge >= 0.3 is 6.03 Å². The van der Waals surface area contributed by atoms with E-state index in [9.17, 15) is 14.4 Å². The van der Waals surface area contributed by atoms with Crippen molar-refractivity contribution < 1.29 is 28.6 Å². The van der Waals surface area contributed by atoms with E-state index in [2.05, 4.69) is 27.9 Å². The number of anilines is 1. The van der Waals surface area contributed by atoms with Gasteiger partial charge in [0.05, 0.1) is 29.1 Å². The van der Waals surface area contributed by atoms with Crippen LogP contribution in [0.1, 0.15) is 26.3 Å². The lowest BCUT2D eigenvalue weighted by atomic mass is 10.1. The van der Waals surface area contributed by atoms with Gasteiger partial charge in [0.25, 0.3) is 11.8 Å². The van der Waals surface area contributed by atoms with E-state index in [-0.39, 0.29) is 5.57 Å². The maximum atomic E-state index is 13.1. The lowest BCUT2D eigenvalue weighted by molar-refractivity contribution is -0.122. The highest BCUT2D eigenvalue weighted by molar-refractivity contribution is 14.1. The number of hydrogen-bond donors (Lipinski definition) is 1. The molecule has 2 aromatic rings. The van der Waals surface area contributed by atoms with E-state index in [0.717, 1.165) is 8.47 Å². The van der Waals surface area contributed by atoms with Gasteiger partial charge in [-0.1, -0.05) is 0 Å². The van der Waals surface area contributed by atoms with Crippen LogP contribution in [0.15, 0.2) is 42.0 Å². The van der Waals surface area contributed by atoms with Crippen LogP contribution >= 0.6 is 22.6 Å². The number of hydrogen-bond acceptors (Lipinski definition) is 6. The largest absolute Gasteiger partial charge is 0.494 e. The average Bonchev–Trinajstić information content (AvgIpc) is 2.75. The SMILES string of the molecule is CCOc1ccc(N2C(=O)NC(=O)/C(=C/c3cc(I)c(OCC)c(OCC)c3)C2=O)cc1. The van der Waals surface area contributed by atoms with Crippen molar-refractivity contribution in [2.75, 3.05) is 24.7 Å². The van der Waals surface area contributed by atoms with E-state index in [4.69, 9.17) is 14.2 Å². The molecule has 0 radical (unpaired) electrons. The molecule has 1 fully saturated rings. The predicted octanol–water partition coefficient (Wildman–Crippen LogP) is 4.15. The molecular formula is C23H23IN2O6. The van der Waals surface area contributed by atoms with Gasteiger partial charge in [0.15, 0.2) is 11.5 Å². The molecular weight excluding hydrogens is 527 g/mol. The number of nitrogens with one attached hydrogen (secondary N) is 1. The summed E-state index contributed by atoms with van der Waals surface area (Å²) >= 11 is 2.11. The van der Waals surface area contributed by atoms with Gasteiger partial charge in [0.2, 0.25) is 0 Å². The van der Waals surface area contributed by atoms with Gasteiger partial charge in [0, 0.05) is 0 Å². The first-order valence-corrected chi connectivity index (χ1v) is 11.2. The van der Waals surface area contributed by atoms with Crippen LogP contribution in [0.25, 0.3) is 6.08 Å². The Morgan fingerprint density at radius 3 is 2.22 bits per heavy atom. The Labute approximate surface area is 199 Å². The highest BCUT2D eigenvalue weighted by atomic mass is 127. The Morgan fingerprint density at radius 2 is 1.59 bits per heavy atom. The molecule has 1 N–H and O–H groups in total. The summed E-state index contributed by atoms with van der Waals surface area (Å²) in [5, 5.41) is 2.22. The highest BCUT2D eigenvalue weighted by Gasteiger charge is 2.36. The van der Waals surface area contributed by atoms with Crippen molar-refractivity contribution in [2.24, 2.45) is 0 Å². The van der Waals surface area contributed by atoms with E-state index in [1.165, 1.54) is 6.08 Å². The third-order valence-electron chi connectivity index (χ3n) is 4.44. The molecule has 1 aliphatic heterocycles. The lowest BCUT2D eigenvalue weighted by Crippen LogP contribution is -2.54. The van der Waals surface area contributed by atoms with Crippen molar-refractivity contribution >= 4 is 52.2 Å². The summed E-state index contributed by atoms with van der Waals surface area (Å²) in [4.78, 5) is 38.9. The molecule has 1 heterocycles. The number of nitrogens with zero attached hydrogens (tertiary/aromatic N) is 1. The van der Waals surface area contributed by atoms with Crippen LogP contribution in [-0.2, 0) is 9.59 Å². The van der Waals surface area contributed by atoms with Crippen LogP contribution in [0.3, 0.4) is 0 Å². The van der Waals surface area contributed by atoms with Gasteiger partial charge in [-0.25, -0.2) is 9.69 Å². The number of barbiturate groups is 1. The molecule has 0 spiro atoms. The molecule has 3 rings (SSSR count). The van der Waals surface area contributed by atoms with Crippen LogP contribution in [0.4, 0.5) is 10.5 Å². The molecule has 1 aliphatic rings. The van der Waals surface area contributed by atoms with Crippen molar-refractivity contribution in [3.8, 4) is 17.2 Å². The Balaban J connectivity index is 1.98. The summed E-state index contributed by atoms with van der Waals surface area (Å²) in [5.41, 5.74) is 0.729. The van der Waals surface area contributed by atoms with Crippen molar-refractivity contribution in [2.45, 2.75) is 20.8 Å². The van der Waals surface area contributed by atoms with Gasteiger partial charge < -0.3 is 14.2 Å². The fourth-order valence-corrected chi connectivity index (χ4v) is 3.92. The number of carbonyl (C=O) groups is 3. The van der Waals surface area contributed by atoms with Gasteiger partial charge in [-0.15, -0.1) is 0 Å². The third-order valence-corrected chi connectivity index (χ3v) is 5.24. The Morgan fingerprint density at radius 1 is 0.938 bits per heavy atom. The van der Waals surface area contributed by atoms with Crippen LogP contribution in [0, 0.1) is 3.57 Å². The maximum Gasteiger partial charge on any atom is 0.335 e. The van der Waals surface area contributed by atoms with E-state index >= 15 is 0 Å². The van der Waals surface area contributed by atoms with E-state index < -0.39 is 17.8 Å². The minimum atomic E-state index is -0.808. The first-order valence-electron chi connectivity index (χ1n) is 10.1. The summed E-state index contributed by atoms with van der Waals surface area (Å²) in [5.74, 6) is 0.244. The topological polar surface area (TPSA) is 94.2 Å².